The Bertz CT molecular complexity index is 300. The molecule has 0 spiro atoms. The maximum absolute atomic E-state index is 11.7. The van der Waals surface area contributed by atoms with Gasteiger partial charge in [0.05, 0.1) is 6.04 Å². The van der Waals surface area contributed by atoms with E-state index in [1.54, 1.807) is 0 Å². The van der Waals surface area contributed by atoms with E-state index in [0.29, 0.717) is 6.54 Å². The van der Waals surface area contributed by atoms with E-state index in [2.05, 4.69) is 10.6 Å². The third-order valence-electron chi connectivity index (χ3n) is 2.38. The summed E-state index contributed by atoms with van der Waals surface area (Å²) in [6, 6.07) is -0.567. The highest BCUT2D eigenvalue weighted by molar-refractivity contribution is 5.83. The maximum Gasteiger partial charge on any atom is 0.237 e. The number of hydrogen-bond acceptors (Lipinski definition) is 3. The third kappa shape index (κ3) is 7.27. The van der Waals surface area contributed by atoms with Gasteiger partial charge in [-0.3, -0.25) is 9.59 Å². The first kappa shape index (κ1) is 16.9. The Morgan fingerprint density at radius 2 is 1.61 bits per heavy atom. The van der Waals surface area contributed by atoms with E-state index in [0.717, 1.165) is 0 Å². The van der Waals surface area contributed by atoms with Gasteiger partial charge in [-0.15, -0.1) is 0 Å². The van der Waals surface area contributed by atoms with Gasteiger partial charge in [-0.1, -0.05) is 20.8 Å². The van der Waals surface area contributed by atoms with Crippen LogP contribution in [-0.4, -0.2) is 29.9 Å². The van der Waals surface area contributed by atoms with Crippen LogP contribution in [0.4, 0.5) is 0 Å². The highest BCUT2D eigenvalue weighted by Crippen LogP contribution is 2.16. The first-order valence-electron chi connectivity index (χ1n) is 6.28. The zero-order valence-corrected chi connectivity index (χ0v) is 12.4. The topological polar surface area (TPSA) is 84.2 Å². The summed E-state index contributed by atoms with van der Waals surface area (Å²) in [6.07, 6.45) is 0.264. The second kappa shape index (κ2) is 6.18. The van der Waals surface area contributed by atoms with E-state index in [4.69, 9.17) is 5.73 Å². The summed E-state index contributed by atoms with van der Waals surface area (Å²) in [5.74, 6) is -0.293. The molecule has 0 bridgehead atoms. The van der Waals surface area contributed by atoms with Gasteiger partial charge in [0.1, 0.15) is 0 Å². The van der Waals surface area contributed by atoms with Crippen molar-refractivity contribution < 1.29 is 9.59 Å². The average molecular weight is 257 g/mol. The molecule has 0 rings (SSSR count). The van der Waals surface area contributed by atoms with Crippen molar-refractivity contribution in [3.63, 3.8) is 0 Å². The first-order valence-corrected chi connectivity index (χ1v) is 6.28. The van der Waals surface area contributed by atoms with Crippen molar-refractivity contribution in [1.82, 2.24) is 10.6 Å². The van der Waals surface area contributed by atoms with Crippen LogP contribution in [0.5, 0.6) is 0 Å². The summed E-state index contributed by atoms with van der Waals surface area (Å²) in [5.41, 5.74) is 5.27. The fourth-order valence-electron chi connectivity index (χ4n) is 1.28. The SMILES string of the molecule is CC(C)(C)NC(=O)CCNC(=O)[C@H](N)C(C)(C)C. The predicted molar refractivity (Wildman–Crippen MR) is 73.0 cm³/mol. The molecule has 0 aromatic rings. The molecule has 0 unspecified atom stereocenters. The van der Waals surface area contributed by atoms with E-state index >= 15 is 0 Å². The summed E-state index contributed by atoms with van der Waals surface area (Å²) in [6.45, 7) is 11.8. The number of amides is 2. The summed E-state index contributed by atoms with van der Waals surface area (Å²) < 4.78 is 0. The molecule has 4 N–H and O–H groups in total. The van der Waals surface area contributed by atoms with Crippen LogP contribution >= 0.6 is 0 Å². The van der Waals surface area contributed by atoms with Crippen molar-refractivity contribution in [2.45, 2.75) is 59.5 Å². The molecule has 0 saturated carbocycles. The van der Waals surface area contributed by atoms with Gasteiger partial charge in [-0.05, 0) is 26.2 Å². The number of carbonyl (C=O) groups is 2. The highest BCUT2D eigenvalue weighted by Gasteiger charge is 2.27. The summed E-state index contributed by atoms with van der Waals surface area (Å²) in [4.78, 5) is 23.2. The van der Waals surface area contributed by atoms with Crippen LogP contribution in [0.25, 0.3) is 0 Å². The van der Waals surface area contributed by atoms with Gasteiger partial charge in [-0.2, -0.15) is 0 Å². The molecule has 5 nitrogen and oxygen atoms in total. The van der Waals surface area contributed by atoms with Crippen molar-refractivity contribution in [2.75, 3.05) is 6.54 Å². The summed E-state index contributed by atoms with van der Waals surface area (Å²) >= 11 is 0. The van der Waals surface area contributed by atoms with Crippen LogP contribution in [0, 0.1) is 5.41 Å². The van der Waals surface area contributed by atoms with Crippen LogP contribution in [-0.2, 0) is 9.59 Å². The van der Waals surface area contributed by atoms with Crippen molar-refractivity contribution in [3.8, 4) is 0 Å². The Morgan fingerprint density at radius 3 is 2.00 bits per heavy atom. The molecule has 18 heavy (non-hydrogen) atoms. The molecule has 0 aliphatic carbocycles. The second-order valence-electron chi connectivity index (χ2n) is 6.68. The minimum Gasteiger partial charge on any atom is -0.354 e. The average Bonchev–Trinajstić information content (AvgIpc) is 2.11. The van der Waals surface area contributed by atoms with E-state index < -0.39 is 6.04 Å². The lowest BCUT2D eigenvalue weighted by Gasteiger charge is -2.26. The van der Waals surface area contributed by atoms with Crippen LogP contribution in [0.3, 0.4) is 0 Å². The molecule has 0 saturated heterocycles. The van der Waals surface area contributed by atoms with Crippen molar-refractivity contribution in [2.24, 2.45) is 11.1 Å². The second-order valence-corrected chi connectivity index (χ2v) is 6.68. The van der Waals surface area contributed by atoms with Crippen LogP contribution < -0.4 is 16.4 Å². The zero-order valence-electron chi connectivity index (χ0n) is 12.4. The van der Waals surface area contributed by atoms with Crippen LogP contribution in [0.2, 0.25) is 0 Å². The molecule has 106 valence electrons. The lowest BCUT2D eigenvalue weighted by atomic mass is 9.87. The Morgan fingerprint density at radius 1 is 1.11 bits per heavy atom. The zero-order chi connectivity index (χ0) is 14.6. The van der Waals surface area contributed by atoms with Gasteiger partial charge in [-0.25, -0.2) is 0 Å². The van der Waals surface area contributed by atoms with Crippen LogP contribution in [0.15, 0.2) is 0 Å². The largest absolute Gasteiger partial charge is 0.354 e. The van der Waals surface area contributed by atoms with Crippen molar-refractivity contribution >= 4 is 11.8 Å². The quantitative estimate of drug-likeness (QED) is 0.696. The number of carbonyl (C=O) groups excluding carboxylic acids is 2. The molecule has 0 fully saturated rings. The minimum atomic E-state index is -0.567. The number of nitrogens with two attached hydrogens (primary N) is 1. The van der Waals surface area contributed by atoms with Gasteiger partial charge in [0.2, 0.25) is 11.8 Å². The number of nitrogens with one attached hydrogen (secondary N) is 2. The fraction of sp³-hybridized carbons (Fsp3) is 0.846. The van der Waals surface area contributed by atoms with Gasteiger partial charge >= 0.3 is 0 Å². The van der Waals surface area contributed by atoms with Crippen LogP contribution in [0.1, 0.15) is 48.0 Å². The van der Waals surface area contributed by atoms with E-state index in [-0.39, 0.29) is 29.2 Å². The van der Waals surface area contributed by atoms with E-state index in [1.165, 1.54) is 0 Å². The summed E-state index contributed by atoms with van der Waals surface area (Å²) in [5, 5.41) is 5.51. The molecule has 1 atom stereocenters. The number of rotatable bonds is 4. The van der Waals surface area contributed by atoms with E-state index in [1.807, 2.05) is 41.5 Å². The standard InChI is InChI=1S/C13H27N3O2/c1-12(2,3)10(14)11(18)15-8-7-9(17)16-13(4,5)6/h10H,7-8,14H2,1-6H3,(H,15,18)(H,16,17)/t10-/m0/s1. The van der Waals surface area contributed by atoms with Gasteiger partial charge in [0.15, 0.2) is 0 Å². The maximum atomic E-state index is 11.7. The fourth-order valence-corrected chi connectivity index (χ4v) is 1.28. The molecule has 0 radical (unpaired) electrons. The lowest BCUT2D eigenvalue weighted by molar-refractivity contribution is -0.125. The van der Waals surface area contributed by atoms with Gasteiger partial charge in [0.25, 0.3) is 0 Å². The Kier molecular flexibility index (Phi) is 5.80. The molecule has 5 heteroatoms. The monoisotopic (exact) mass is 257 g/mol. The molecule has 0 aromatic heterocycles. The smallest absolute Gasteiger partial charge is 0.237 e. The molecule has 0 aliphatic heterocycles. The Balaban J connectivity index is 3.99. The third-order valence-corrected chi connectivity index (χ3v) is 2.38. The lowest BCUT2D eigenvalue weighted by Crippen LogP contribution is -2.49. The number of hydrogen-bond donors (Lipinski definition) is 3. The first-order chi connectivity index (χ1) is 7.93. The van der Waals surface area contributed by atoms with E-state index in [9.17, 15) is 9.59 Å². The molecule has 0 aromatic carbocycles. The molecule has 0 heterocycles. The minimum absolute atomic E-state index is 0.0767. The Labute approximate surface area is 110 Å². The summed E-state index contributed by atoms with van der Waals surface area (Å²) in [7, 11) is 0. The van der Waals surface area contributed by atoms with Gasteiger partial charge < -0.3 is 16.4 Å². The molecule has 0 aliphatic rings. The normalized spacial score (nSPS) is 13.9. The van der Waals surface area contributed by atoms with Crippen molar-refractivity contribution in [3.05, 3.63) is 0 Å². The van der Waals surface area contributed by atoms with Gasteiger partial charge in [0, 0.05) is 18.5 Å². The predicted octanol–water partition coefficient (Wildman–Crippen LogP) is 0.781. The molecular formula is C13H27N3O2. The van der Waals surface area contributed by atoms with Crippen molar-refractivity contribution in [1.29, 1.82) is 0 Å². The molecule has 2 amide bonds. The highest BCUT2D eigenvalue weighted by atomic mass is 16.2. The molecular weight excluding hydrogens is 230 g/mol. The Hall–Kier alpha value is -1.10.